The molecule has 5 aromatic rings. The maximum absolute atomic E-state index is 9.87. The fraction of sp³-hybridized carbons (Fsp3) is 0.286. The van der Waals surface area contributed by atoms with Crippen LogP contribution >= 0.6 is 11.3 Å². The van der Waals surface area contributed by atoms with Crippen LogP contribution in [0.3, 0.4) is 0 Å². The number of aromatic amines is 1. The Balaban J connectivity index is 1.28. The third-order valence-corrected chi connectivity index (χ3v) is 7.74. The highest BCUT2D eigenvalue weighted by Crippen LogP contribution is 2.33. The first-order valence-corrected chi connectivity index (χ1v) is 13.4. The largest absolute Gasteiger partial charge is 0.393 e. The molecular weight excluding hydrogens is 482 g/mol. The highest BCUT2D eigenvalue weighted by Gasteiger charge is 2.20. The fourth-order valence-electron chi connectivity index (χ4n) is 4.82. The number of nitrogens with zero attached hydrogens (tertiary/aromatic N) is 4. The lowest BCUT2D eigenvalue weighted by molar-refractivity contribution is 0.126. The molecule has 0 aliphatic heterocycles. The number of thiazole rings is 1. The Morgan fingerprint density at radius 2 is 1.84 bits per heavy atom. The van der Waals surface area contributed by atoms with E-state index in [1.54, 1.807) is 11.3 Å². The van der Waals surface area contributed by atoms with Gasteiger partial charge in [0.05, 0.1) is 28.2 Å². The average Bonchev–Trinajstić information content (AvgIpc) is 3.50. The van der Waals surface area contributed by atoms with E-state index in [9.17, 15) is 5.11 Å². The van der Waals surface area contributed by atoms with E-state index < -0.39 is 0 Å². The van der Waals surface area contributed by atoms with Gasteiger partial charge in [-0.05, 0) is 55.9 Å². The van der Waals surface area contributed by atoms with Gasteiger partial charge < -0.3 is 15.7 Å². The Morgan fingerprint density at radius 3 is 2.62 bits per heavy atom. The molecule has 0 bridgehead atoms. The summed E-state index contributed by atoms with van der Waals surface area (Å²) in [7, 11) is 0. The number of fused-ring (bicyclic) bond motifs is 1. The van der Waals surface area contributed by atoms with E-state index in [4.69, 9.17) is 15.0 Å². The van der Waals surface area contributed by atoms with Crippen molar-refractivity contribution in [1.29, 1.82) is 0 Å². The molecule has 2 aromatic carbocycles. The van der Waals surface area contributed by atoms with Crippen LogP contribution in [0.2, 0.25) is 0 Å². The maximum atomic E-state index is 9.87. The van der Waals surface area contributed by atoms with Crippen LogP contribution in [0.5, 0.6) is 0 Å². The van der Waals surface area contributed by atoms with E-state index in [1.807, 2.05) is 43.5 Å². The van der Waals surface area contributed by atoms with E-state index in [0.29, 0.717) is 18.2 Å². The lowest BCUT2D eigenvalue weighted by Crippen LogP contribution is -2.29. The van der Waals surface area contributed by atoms with Crippen LogP contribution in [-0.4, -0.2) is 42.4 Å². The zero-order valence-electron chi connectivity index (χ0n) is 20.6. The fourth-order valence-corrected chi connectivity index (χ4v) is 5.73. The number of aliphatic hydroxyl groups excluding tert-OH is 1. The molecule has 0 atom stereocenters. The molecule has 0 saturated heterocycles. The summed E-state index contributed by atoms with van der Waals surface area (Å²) >= 11 is 1.60. The second kappa shape index (κ2) is 10.3. The SMILES string of the molecule is Cc1[nH]ncc1-c1ccc2nc(Nc3cc(Cc4ccccc4)nc(N[C@H]4CC[C@H](O)CC4)n3)sc2c1. The van der Waals surface area contributed by atoms with Crippen molar-refractivity contribution in [3.8, 4) is 11.1 Å². The van der Waals surface area contributed by atoms with Gasteiger partial charge in [-0.25, -0.2) is 9.97 Å². The standard InChI is InChI=1S/C28H29N7OS/c1-17-23(16-29-35-17)19-7-12-24-25(14-19)37-28(32-24)34-26-15-21(13-18-5-3-2-4-6-18)31-27(33-26)30-20-8-10-22(36)11-9-20/h2-7,12,14-16,20,22,36H,8-11,13H2,1H3,(H,29,35)(H2,30,31,32,33,34)/t20-,22-. The Kier molecular flexibility index (Phi) is 6.55. The van der Waals surface area contributed by atoms with Gasteiger partial charge in [0.25, 0.3) is 0 Å². The molecule has 8 nitrogen and oxygen atoms in total. The Labute approximate surface area is 219 Å². The van der Waals surface area contributed by atoms with Crippen LogP contribution in [0.1, 0.15) is 42.6 Å². The van der Waals surface area contributed by atoms with Gasteiger partial charge in [-0.2, -0.15) is 10.1 Å². The quantitative estimate of drug-likeness (QED) is 0.217. The van der Waals surface area contributed by atoms with Crippen LogP contribution in [0, 0.1) is 6.92 Å². The number of hydrogen-bond donors (Lipinski definition) is 4. The summed E-state index contributed by atoms with van der Waals surface area (Å²) in [6.07, 6.45) is 5.80. The van der Waals surface area contributed by atoms with Crippen molar-refractivity contribution in [1.82, 2.24) is 25.1 Å². The monoisotopic (exact) mass is 511 g/mol. The molecule has 1 fully saturated rings. The average molecular weight is 512 g/mol. The maximum Gasteiger partial charge on any atom is 0.225 e. The van der Waals surface area contributed by atoms with E-state index in [-0.39, 0.29) is 12.1 Å². The van der Waals surface area contributed by atoms with Crippen molar-refractivity contribution >= 4 is 38.5 Å². The number of nitrogens with one attached hydrogen (secondary N) is 3. The topological polar surface area (TPSA) is 112 Å². The predicted octanol–water partition coefficient (Wildman–Crippen LogP) is 5.83. The number of rotatable bonds is 7. The molecule has 9 heteroatoms. The molecule has 0 unspecified atom stereocenters. The van der Waals surface area contributed by atoms with Crippen LogP contribution in [0.15, 0.2) is 60.8 Å². The molecule has 0 spiro atoms. The summed E-state index contributed by atoms with van der Waals surface area (Å²) in [5.74, 6) is 1.32. The van der Waals surface area contributed by atoms with Gasteiger partial charge in [0.2, 0.25) is 5.95 Å². The van der Waals surface area contributed by atoms with Crippen LogP contribution in [0.25, 0.3) is 21.3 Å². The van der Waals surface area contributed by atoms with Crippen molar-refractivity contribution in [3.05, 3.63) is 77.7 Å². The molecule has 188 valence electrons. The van der Waals surface area contributed by atoms with Gasteiger partial charge in [-0.3, -0.25) is 5.10 Å². The number of hydrogen-bond acceptors (Lipinski definition) is 8. The number of anilines is 3. The number of H-pyrrole nitrogens is 1. The number of benzene rings is 2. The zero-order chi connectivity index (χ0) is 25.2. The van der Waals surface area contributed by atoms with Crippen molar-refractivity contribution in [2.75, 3.05) is 10.6 Å². The third-order valence-electron chi connectivity index (χ3n) is 6.80. The summed E-state index contributed by atoms with van der Waals surface area (Å²) in [4.78, 5) is 14.4. The van der Waals surface area contributed by atoms with Gasteiger partial charge in [0.15, 0.2) is 5.13 Å². The Bertz CT molecular complexity index is 1510. The summed E-state index contributed by atoms with van der Waals surface area (Å²) in [6.45, 7) is 2.02. The molecule has 3 heterocycles. The Morgan fingerprint density at radius 1 is 1.00 bits per heavy atom. The molecule has 1 saturated carbocycles. The van der Waals surface area contributed by atoms with Gasteiger partial charge in [-0.1, -0.05) is 47.7 Å². The van der Waals surface area contributed by atoms with Crippen molar-refractivity contribution in [2.24, 2.45) is 0 Å². The van der Waals surface area contributed by atoms with E-state index in [1.165, 1.54) is 5.56 Å². The minimum atomic E-state index is -0.197. The van der Waals surface area contributed by atoms with Crippen LogP contribution in [0.4, 0.5) is 16.9 Å². The number of aryl methyl sites for hydroxylation is 1. The molecule has 1 aliphatic rings. The molecule has 3 aromatic heterocycles. The first-order chi connectivity index (χ1) is 18.1. The highest BCUT2D eigenvalue weighted by atomic mass is 32.1. The van der Waals surface area contributed by atoms with Gasteiger partial charge in [0.1, 0.15) is 5.82 Å². The molecule has 0 amide bonds. The van der Waals surface area contributed by atoms with Crippen LogP contribution < -0.4 is 10.6 Å². The minimum absolute atomic E-state index is 0.197. The van der Waals surface area contributed by atoms with Crippen molar-refractivity contribution < 1.29 is 5.11 Å². The van der Waals surface area contributed by atoms with E-state index >= 15 is 0 Å². The summed E-state index contributed by atoms with van der Waals surface area (Å²) in [5.41, 5.74) is 6.32. The molecular formula is C28H29N7OS. The lowest BCUT2D eigenvalue weighted by Gasteiger charge is -2.26. The second-order valence-electron chi connectivity index (χ2n) is 9.62. The Hall–Kier alpha value is -3.82. The van der Waals surface area contributed by atoms with E-state index in [0.717, 1.165) is 63.5 Å². The predicted molar refractivity (Wildman–Crippen MR) is 148 cm³/mol. The molecule has 0 radical (unpaired) electrons. The van der Waals surface area contributed by atoms with Gasteiger partial charge in [-0.15, -0.1) is 0 Å². The second-order valence-corrected chi connectivity index (χ2v) is 10.6. The van der Waals surface area contributed by atoms with Gasteiger partial charge >= 0.3 is 0 Å². The minimum Gasteiger partial charge on any atom is -0.393 e. The molecule has 6 rings (SSSR count). The van der Waals surface area contributed by atoms with E-state index in [2.05, 4.69) is 45.1 Å². The highest BCUT2D eigenvalue weighted by molar-refractivity contribution is 7.22. The molecule has 37 heavy (non-hydrogen) atoms. The third kappa shape index (κ3) is 5.47. The summed E-state index contributed by atoms with van der Waals surface area (Å²) in [5, 5.41) is 24.7. The van der Waals surface area contributed by atoms with Crippen LogP contribution in [-0.2, 0) is 6.42 Å². The molecule has 1 aliphatic carbocycles. The number of aliphatic hydroxyl groups is 1. The van der Waals surface area contributed by atoms with Crippen molar-refractivity contribution in [2.45, 2.75) is 51.2 Å². The first kappa shape index (κ1) is 23.6. The lowest BCUT2D eigenvalue weighted by atomic mass is 9.93. The molecule has 4 N–H and O–H groups in total. The summed E-state index contributed by atoms with van der Waals surface area (Å²) < 4.78 is 1.10. The zero-order valence-corrected chi connectivity index (χ0v) is 21.4. The summed E-state index contributed by atoms with van der Waals surface area (Å²) in [6, 6.07) is 18.9. The number of aromatic nitrogens is 5. The smallest absolute Gasteiger partial charge is 0.225 e. The van der Waals surface area contributed by atoms with Crippen molar-refractivity contribution in [3.63, 3.8) is 0 Å². The van der Waals surface area contributed by atoms with Gasteiger partial charge in [0, 0.05) is 29.8 Å². The normalized spacial score (nSPS) is 17.7. The first-order valence-electron chi connectivity index (χ1n) is 12.6.